The zero-order valence-electron chi connectivity index (χ0n) is 12.3. The number of rotatable bonds is 7. The molecule has 0 saturated carbocycles. The number of thioether (sulfide) groups is 1. The number of nitrogens with one attached hydrogen (secondary N) is 1. The molecule has 2 unspecified atom stereocenters. The topological polar surface area (TPSA) is 67.2 Å². The van der Waals surface area contributed by atoms with Crippen LogP contribution in [0.25, 0.3) is 11.0 Å². The van der Waals surface area contributed by atoms with E-state index >= 15 is 0 Å². The van der Waals surface area contributed by atoms with Gasteiger partial charge in [-0.3, -0.25) is 4.79 Å². The average Bonchev–Trinajstić information content (AvgIpc) is 2.91. The highest BCUT2D eigenvalue weighted by atomic mass is 32.2. The third kappa shape index (κ3) is 3.77. The summed E-state index contributed by atoms with van der Waals surface area (Å²) in [5.74, 6) is 0.745. The van der Waals surface area contributed by atoms with Crippen molar-refractivity contribution < 1.29 is 9.90 Å². The Labute approximate surface area is 128 Å². The normalized spacial score (nSPS) is 14.0. The van der Waals surface area contributed by atoms with Gasteiger partial charge in [0.15, 0.2) is 0 Å². The minimum Gasteiger partial charge on any atom is -0.396 e. The second-order valence-electron chi connectivity index (χ2n) is 4.99. The van der Waals surface area contributed by atoms with Crippen LogP contribution in [0.3, 0.4) is 0 Å². The molecule has 2 rings (SSSR count). The number of aliphatic hydroxyl groups excluding tert-OH is 1. The molecule has 1 heterocycles. The third-order valence-corrected chi connectivity index (χ3v) is 4.21. The first-order valence-electron chi connectivity index (χ1n) is 6.99. The Morgan fingerprint density at radius 1 is 1.48 bits per heavy atom. The number of amides is 1. The molecule has 0 aliphatic carbocycles. The lowest BCUT2D eigenvalue weighted by Gasteiger charge is -2.20. The highest BCUT2D eigenvalue weighted by Gasteiger charge is 2.20. The van der Waals surface area contributed by atoms with Crippen molar-refractivity contribution in [3.63, 3.8) is 0 Å². The van der Waals surface area contributed by atoms with Crippen LogP contribution in [0.5, 0.6) is 0 Å². The molecule has 2 aromatic rings. The van der Waals surface area contributed by atoms with Gasteiger partial charge in [-0.1, -0.05) is 12.1 Å². The highest BCUT2D eigenvalue weighted by molar-refractivity contribution is 7.98. The molecular weight excluding hydrogens is 286 g/mol. The maximum absolute atomic E-state index is 12.4. The van der Waals surface area contributed by atoms with Crippen molar-refractivity contribution in [1.82, 2.24) is 14.9 Å². The van der Waals surface area contributed by atoms with Crippen LogP contribution < -0.4 is 5.32 Å². The quantitative estimate of drug-likeness (QED) is 0.819. The molecule has 1 amide bonds. The standard InChI is InChI=1S/C15H21N3O2S/c1-11(15(20)17-12(7-8-19)9-21-2)18-10-16-13-5-3-4-6-14(13)18/h3-6,10-12,19H,7-9H2,1-2H3,(H,17,20). The van der Waals surface area contributed by atoms with Crippen LogP contribution in [-0.2, 0) is 4.79 Å². The first-order valence-corrected chi connectivity index (χ1v) is 8.38. The Hall–Kier alpha value is -1.53. The number of aromatic nitrogens is 2. The molecule has 0 fully saturated rings. The van der Waals surface area contributed by atoms with Gasteiger partial charge >= 0.3 is 0 Å². The minimum absolute atomic E-state index is 0.00487. The van der Waals surface area contributed by atoms with E-state index in [9.17, 15) is 4.79 Å². The van der Waals surface area contributed by atoms with E-state index in [0.717, 1.165) is 16.8 Å². The summed E-state index contributed by atoms with van der Waals surface area (Å²) in [5.41, 5.74) is 1.83. The van der Waals surface area contributed by atoms with Gasteiger partial charge in [-0.25, -0.2) is 4.98 Å². The lowest BCUT2D eigenvalue weighted by atomic mass is 10.2. The van der Waals surface area contributed by atoms with E-state index in [-0.39, 0.29) is 24.6 Å². The molecule has 0 aliphatic heterocycles. The monoisotopic (exact) mass is 307 g/mol. The number of carbonyl (C=O) groups excluding carboxylic acids is 1. The van der Waals surface area contributed by atoms with Gasteiger partial charge in [0.25, 0.3) is 0 Å². The van der Waals surface area contributed by atoms with E-state index in [2.05, 4.69) is 10.3 Å². The molecule has 2 N–H and O–H groups in total. The van der Waals surface area contributed by atoms with Crippen LogP contribution in [0.15, 0.2) is 30.6 Å². The number of benzene rings is 1. The molecule has 114 valence electrons. The van der Waals surface area contributed by atoms with Crippen molar-refractivity contribution in [2.45, 2.75) is 25.4 Å². The van der Waals surface area contributed by atoms with Gasteiger partial charge < -0.3 is 15.0 Å². The summed E-state index contributed by atoms with van der Waals surface area (Å²) in [4.78, 5) is 16.7. The summed E-state index contributed by atoms with van der Waals surface area (Å²) in [6, 6.07) is 7.42. The van der Waals surface area contributed by atoms with Crippen LogP contribution in [0.1, 0.15) is 19.4 Å². The SMILES string of the molecule is CSCC(CCO)NC(=O)C(C)n1cnc2ccccc21. The first kappa shape index (κ1) is 15.9. The minimum atomic E-state index is -0.333. The fraction of sp³-hybridized carbons (Fsp3) is 0.467. The second-order valence-corrected chi connectivity index (χ2v) is 5.90. The van der Waals surface area contributed by atoms with E-state index in [1.54, 1.807) is 18.1 Å². The van der Waals surface area contributed by atoms with Gasteiger partial charge in [-0.05, 0) is 31.7 Å². The Morgan fingerprint density at radius 2 is 2.24 bits per heavy atom. The summed E-state index contributed by atoms with van der Waals surface area (Å²) < 4.78 is 1.87. The Bertz CT molecular complexity index is 593. The van der Waals surface area contributed by atoms with E-state index < -0.39 is 0 Å². The molecule has 5 nitrogen and oxygen atoms in total. The molecule has 0 radical (unpaired) electrons. The average molecular weight is 307 g/mol. The van der Waals surface area contributed by atoms with Crippen LogP contribution in [0.2, 0.25) is 0 Å². The number of nitrogens with zero attached hydrogens (tertiary/aromatic N) is 2. The van der Waals surface area contributed by atoms with Gasteiger partial charge in [-0.15, -0.1) is 0 Å². The van der Waals surface area contributed by atoms with Crippen molar-refractivity contribution in [1.29, 1.82) is 0 Å². The largest absolute Gasteiger partial charge is 0.396 e. The predicted molar refractivity (Wildman–Crippen MR) is 86.5 cm³/mol. The highest BCUT2D eigenvalue weighted by Crippen LogP contribution is 2.17. The Kier molecular flexibility index (Phi) is 5.64. The van der Waals surface area contributed by atoms with Crippen molar-refractivity contribution >= 4 is 28.7 Å². The molecule has 1 aromatic carbocycles. The number of imidazole rings is 1. The van der Waals surface area contributed by atoms with Crippen LogP contribution in [0, 0.1) is 0 Å². The van der Waals surface area contributed by atoms with E-state index in [4.69, 9.17) is 5.11 Å². The van der Waals surface area contributed by atoms with Crippen LogP contribution >= 0.6 is 11.8 Å². The Morgan fingerprint density at radius 3 is 2.95 bits per heavy atom. The smallest absolute Gasteiger partial charge is 0.243 e. The van der Waals surface area contributed by atoms with Crippen molar-refractivity contribution in [2.24, 2.45) is 0 Å². The number of carbonyl (C=O) groups is 1. The van der Waals surface area contributed by atoms with Crippen LogP contribution in [0.4, 0.5) is 0 Å². The number of hydrogen-bond acceptors (Lipinski definition) is 4. The zero-order chi connectivity index (χ0) is 15.2. The van der Waals surface area contributed by atoms with E-state index in [0.29, 0.717) is 6.42 Å². The summed E-state index contributed by atoms with van der Waals surface area (Å²) in [6.07, 6.45) is 4.26. The molecule has 0 spiro atoms. The molecule has 0 aliphatic rings. The summed E-state index contributed by atoms with van der Waals surface area (Å²) >= 11 is 1.66. The molecule has 2 atom stereocenters. The molecule has 0 saturated heterocycles. The lowest BCUT2D eigenvalue weighted by Crippen LogP contribution is -2.40. The second kappa shape index (κ2) is 7.47. The third-order valence-electron chi connectivity index (χ3n) is 3.47. The van der Waals surface area contributed by atoms with Crippen molar-refractivity contribution in [2.75, 3.05) is 18.6 Å². The van der Waals surface area contributed by atoms with Gasteiger partial charge in [0.1, 0.15) is 6.04 Å². The molecule has 6 heteroatoms. The lowest BCUT2D eigenvalue weighted by molar-refractivity contribution is -0.124. The van der Waals surface area contributed by atoms with Gasteiger partial charge in [0.05, 0.1) is 17.4 Å². The number of hydrogen-bond donors (Lipinski definition) is 2. The molecular formula is C15H21N3O2S. The number of fused-ring (bicyclic) bond motifs is 1. The molecule has 1 aromatic heterocycles. The molecule has 0 bridgehead atoms. The summed E-state index contributed by atoms with van der Waals surface area (Å²) in [6.45, 7) is 1.94. The fourth-order valence-corrected chi connectivity index (χ4v) is 2.94. The first-order chi connectivity index (χ1) is 10.2. The van der Waals surface area contributed by atoms with E-state index in [1.165, 1.54) is 0 Å². The maximum Gasteiger partial charge on any atom is 0.243 e. The van der Waals surface area contributed by atoms with Gasteiger partial charge in [0, 0.05) is 18.4 Å². The van der Waals surface area contributed by atoms with Gasteiger partial charge in [-0.2, -0.15) is 11.8 Å². The number of para-hydroxylation sites is 2. The van der Waals surface area contributed by atoms with Crippen molar-refractivity contribution in [3.05, 3.63) is 30.6 Å². The van der Waals surface area contributed by atoms with Crippen LogP contribution in [-0.4, -0.2) is 45.2 Å². The molecule has 21 heavy (non-hydrogen) atoms. The summed E-state index contributed by atoms with van der Waals surface area (Å²) in [7, 11) is 0. The zero-order valence-corrected chi connectivity index (χ0v) is 13.1. The predicted octanol–water partition coefficient (Wildman–Crippen LogP) is 1.83. The Balaban J connectivity index is 2.11. The number of aliphatic hydroxyl groups is 1. The maximum atomic E-state index is 12.4. The summed E-state index contributed by atoms with van der Waals surface area (Å²) in [5, 5.41) is 12.1. The fourth-order valence-electron chi connectivity index (χ4n) is 2.29. The van der Waals surface area contributed by atoms with E-state index in [1.807, 2.05) is 42.0 Å². The van der Waals surface area contributed by atoms with Gasteiger partial charge in [0.2, 0.25) is 5.91 Å². The van der Waals surface area contributed by atoms with Crippen molar-refractivity contribution in [3.8, 4) is 0 Å².